The van der Waals surface area contributed by atoms with Crippen molar-refractivity contribution in [3.8, 4) is 22.6 Å². The van der Waals surface area contributed by atoms with Crippen LogP contribution in [-0.4, -0.2) is 24.3 Å². The summed E-state index contributed by atoms with van der Waals surface area (Å²) < 4.78 is 11.0. The molecule has 3 rings (SSSR count). The number of aromatic carboxylic acids is 1. The maximum atomic E-state index is 11.3. The van der Waals surface area contributed by atoms with E-state index in [1.54, 1.807) is 30.3 Å². The van der Waals surface area contributed by atoms with Gasteiger partial charge in [-0.15, -0.1) is 0 Å². The number of halogens is 1. The van der Waals surface area contributed by atoms with Crippen LogP contribution in [0.3, 0.4) is 0 Å². The zero-order valence-electron chi connectivity index (χ0n) is 10.4. The largest absolute Gasteiger partial charge is 0.486 e. The topological polar surface area (TPSA) is 55.8 Å². The SMILES string of the molecule is O=C(O)c1ccc(Cl)cc1-c1ccc2c(c1)OCCO2. The van der Waals surface area contributed by atoms with Crippen LogP contribution in [0.4, 0.5) is 0 Å². The van der Waals surface area contributed by atoms with Crippen LogP contribution in [0.5, 0.6) is 11.5 Å². The maximum absolute atomic E-state index is 11.3. The molecule has 0 spiro atoms. The molecule has 1 aliphatic rings. The normalized spacial score (nSPS) is 13.1. The lowest BCUT2D eigenvalue weighted by atomic mass is 9.99. The summed E-state index contributed by atoms with van der Waals surface area (Å²) in [6.45, 7) is 1.00. The number of ether oxygens (including phenoxy) is 2. The number of hydrogen-bond donors (Lipinski definition) is 1. The second-order valence-electron chi connectivity index (χ2n) is 4.35. The van der Waals surface area contributed by atoms with Gasteiger partial charge >= 0.3 is 5.97 Å². The number of rotatable bonds is 2. The van der Waals surface area contributed by atoms with Crippen molar-refractivity contribution in [2.45, 2.75) is 0 Å². The Morgan fingerprint density at radius 2 is 1.80 bits per heavy atom. The molecule has 0 amide bonds. The van der Waals surface area contributed by atoms with E-state index in [0.29, 0.717) is 35.3 Å². The number of carbonyl (C=O) groups is 1. The minimum atomic E-state index is -0.994. The highest BCUT2D eigenvalue weighted by molar-refractivity contribution is 6.31. The van der Waals surface area contributed by atoms with E-state index in [1.807, 2.05) is 0 Å². The quantitative estimate of drug-likeness (QED) is 0.920. The number of carboxylic acids is 1. The van der Waals surface area contributed by atoms with Crippen LogP contribution in [0, 0.1) is 0 Å². The fourth-order valence-electron chi connectivity index (χ4n) is 2.15. The number of hydrogen-bond acceptors (Lipinski definition) is 3. The van der Waals surface area contributed by atoms with Gasteiger partial charge in [-0.25, -0.2) is 4.79 Å². The third kappa shape index (κ3) is 2.30. The van der Waals surface area contributed by atoms with Gasteiger partial charge in [0.05, 0.1) is 5.56 Å². The van der Waals surface area contributed by atoms with E-state index in [0.717, 1.165) is 5.56 Å². The number of benzene rings is 2. The first kappa shape index (κ1) is 12.8. The second-order valence-corrected chi connectivity index (χ2v) is 4.79. The summed E-state index contributed by atoms with van der Waals surface area (Å²) in [6, 6.07) is 10.0. The maximum Gasteiger partial charge on any atom is 0.336 e. The Balaban J connectivity index is 2.13. The first-order chi connectivity index (χ1) is 9.65. The zero-order valence-corrected chi connectivity index (χ0v) is 11.2. The lowest BCUT2D eigenvalue weighted by Crippen LogP contribution is -2.15. The molecule has 1 heterocycles. The third-order valence-electron chi connectivity index (χ3n) is 3.07. The lowest BCUT2D eigenvalue weighted by Gasteiger charge is -2.19. The van der Waals surface area contributed by atoms with Gasteiger partial charge in [-0.1, -0.05) is 17.7 Å². The molecule has 0 bridgehead atoms. The summed E-state index contributed by atoms with van der Waals surface area (Å²) in [6.07, 6.45) is 0. The monoisotopic (exact) mass is 290 g/mol. The first-order valence-electron chi connectivity index (χ1n) is 6.08. The molecular weight excluding hydrogens is 280 g/mol. The van der Waals surface area contributed by atoms with Crippen molar-refractivity contribution in [2.75, 3.05) is 13.2 Å². The van der Waals surface area contributed by atoms with Crippen LogP contribution in [0.2, 0.25) is 5.02 Å². The summed E-state index contributed by atoms with van der Waals surface area (Å²) in [7, 11) is 0. The van der Waals surface area contributed by atoms with Crippen LogP contribution in [0.15, 0.2) is 36.4 Å². The molecule has 1 aliphatic heterocycles. The lowest BCUT2D eigenvalue weighted by molar-refractivity contribution is 0.0697. The van der Waals surface area contributed by atoms with E-state index >= 15 is 0 Å². The predicted octanol–water partition coefficient (Wildman–Crippen LogP) is 3.48. The van der Waals surface area contributed by atoms with Crippen molar-refractivity contribution in [3.05, 3.63) is 47.0 Å². The van der Waals surface area contributed by atoms with Crippen LogP contribution >= 0.6 is 11.6 Å². The van der Waals surface area contributed by atoms with Gasteiger partial charge in [0.2, 0.25) is 0 Å². The van der Waals surface area contributed by atoms with Crippen molar-refractivity contribution in [3.63, 3.8) is 0 Å². The average Bonchev–Trinajstić information content (AvgIpc) is 2.46. The molecular formula is C15H11ClO4. The summed E-state index contributed by atoms with van der Waals surface area (Å²) in [5.41, 5.74) is 1.49. The number of carboxylic acid groups (broad SMARTS) is 1. The molecule has 0 radical (unpaired) electrons. The molecule has 0 fully saturated rings. The molecule has 0 aliphatic carbocycles. The van der Waals surface area contributed by atoms with Crippen molar-refractivity contribution >= 4 is 17.6 Å². The van der Waals surface area contributed by atoms with Gasteiger partial charge in [-0.05, 0) is 41.5 Å². The Hall–Kier alpha value is -2.20. The van der Waals surface area contributed by atoms with E-state index in [-0.39, 0.29) is 5.56 Å². The third-order valence-corrected chi connectivity index (χ3v) is 3.30. The molecule has 2 aromatic rings. The smallest absolute Gasteiger partial charge is 0.336 e. The highest BCUT2D eigenvalue weighted by atomic mass is 35.5. The first-order valence-corrected chi connectivity index (χ1v) is 6.46. The van der Waals surface area contributed by atoms with Crippen molar-refractivity contribution < 1.29 is 19.4 Å². The summed E-state index contributed by atoms with van der Waals surface area (Å²) in [5.74, 6) is 0.288. The molecule has 4 nitrogen and oxygen atoms in total. The highest BCUT2D eigenvalue weighted by Gasteiger charge is 2.16. The number of fused-ring (bicyclic) bond motifs is 1. The van der Waals surface area contributed by atoms with E-state index < -0.39 is 5.97 Å². The van der Waals surface area contributed by atoms with Crippen LogP contribution in [0.25, 0.3) is 11.1 Å². The molecule has 0 atom stereocenters. The second kappa shape index (κ2) is 5.06. The van der Waals surface area contributed by atoms with E-state index in [4.69, 9.17) is 21.1 Å². The minimum absolute atomic E-state index is 0.200. The van der Waals surface area contributed by atoms with Crippen molar-refractivity contribution in [1.29, 1.82) is 0 Å². The van der Waals surface area contributed by atoms with Gasteiger partial charge in [-0.2, -0.15) is 0 Å². The Morgan fingerprint density at radius 1 is 1.05 bits per heavy atom. The Morgan fingerprint density at radius 3 is 2.55 bits per heavy atom. The Kier molecular flexibility index (Phi) is 3.24. The molecule has 1 N–H and O–H groups in total. The van der Waals surface area contributed by atoms with Crippen molar-refractivity contribution in [1.82, 2.24) is 0 Å². The van der Waals surface area contributed by atoms with Gasteiger partial charge in [0.1, 0.15) is 13.2 Å². The summed E-state index contributed by atoms with van der Waals surface area (Å²) >= 11 is 5.97. The summed E-state index contributed by atoms with van der Waals surface area (Å²) in [4.78, 5) is 11.3. The fourth-order valence-corrected chi connectivity index (χ4v) is 2.32. The van der Waals surface area contributed by atoms with Crippen LogP contribution < -0.4 is 9.47 Å². The van der Waals surface area contributed by atoms with Gasteiger partial charge in [0, 0.05) is 5.02 Å². The van der Waals surface area contributed by atoms with E-state index in [9.17, 15) is 9.90 Å². The Bertz CT molecular complexity index is 682. The molecule has 0 saturated heterocycles. The molecule has 102 valence electrons. The molecule has 0 unspecified atom stereocenters. The molecule has 5 heteroatoms. The average molecular weight is 291 g/mol. The Labute approximate surface area is 120 Å². The molecule has 0 saturated carbocycles. The van der Waals surface area contributed by atoms with Gasteiger partial charge in [0.15, 0.2) is 11.5 Å². The van der Waals surface area contributed by atoms with Crippen molar-refractivity contribution in [2.24, 2.45) is 0 Å². The summed E-state index contributed by atoms with van der Waals surface area (Å²) in [5, 5.41) is 9.74. The highest BCUT2D eigenvalue weighted by Crippen LogP contribution is 2.36. The minimum Gasteiger partial charge on any atom is -0.486 e. The molecule has 20 heavy (non-hydrogen) atoms. The zero-order chi connectivity index (χ0) is 14.1. The molecule has 0 aromatic heterocycles. The predicted molar refractivity (Wildman–Crippen MR) is 74.8 cm³/mol. The van der Waals surface area contributed by atoms with Gasteiger partial charge < -0.3 is 14.6 Å². The van der Waals surface area contributed by atoms with E-state index in [1.165, 1.54) is 6.07 Å². The van der Waals surface area contributed by atoms with Crippen LogP contribution in [0.1, 0.15) is 10.4 Å². The fraction of sp³-hybridized carbons (Fsp3) is 0.133. The molecule has 2 aromatic carbocycles. The standard InChI is InChI=1S/C15H11ClO4/c16-10-2-3-11(15(17)18)12(8-10)9-1-4-13-14(7-9)20-6-5-19-13/h1-4,7-8H,5-6H2,(H,17,18). The van der Waals surface area contributed by atoms with E-state index in [2.05, 4.69) is 0 Å². The van der Waals surface area contributed by atoms with Gasteiger partial charge in [-0.3, -0.25) is 0 Å². The van der Waals surface area contributed by atoms with Gasteiger partial charge in [0.25, 0.3) is 0 Å². The van der Waals surface area contributed by atoms with Crippen LogP contribution in [-0.2, 0) is 0 Å².